The first-order chi connectivity index (χ1) is 8.43. The summed E-state index contributed by atoms with van der Waals surface area (Å²) in [5.41, 5.74) is 7.58. The van der Waals surface area contributed by atoms with Gasteiger partial charge in [0.15, 0.2) is 6.10 Å². The first-order valence-corrected chi connectivity index (χ1v) is 6.20. The Labute approximate surface area is 109 Å². The van der Waals surface area contributed by atoms with Gasteiger partial charge in [0.25, 0.3) is 5.91 Å². The molecule has 4 heteroatoms. The van der Waals surface area contributed by atoms with E-state index in [1.165, 1.54) is 0 Å². The fourth-order valence-electron chi connectivity index (χ4n) is 1.54. The van der Waals surface area contributed by atoms with Gasteiger partial charge in [-0.05, 0) is 44.9 Å². The number of nitrogens with two attached hydrogens (primary N) is 1. The summed E-state index contributed by atoms with van der Waals surface area (Å²) in [4.78, 5) is 11.8. The maximum atomic E-state index is 11.8. The van der Waals surface area contributed by atoms with E-state index in [9.17, 15) is 4.79 Å². The first kappa shape index (κ1) is 14.5. The second-order valence-electron chi connectivity index (χ2n) is 4.73. The van der Waals surface area contributed by atoms with Crippen LogP contribution < -0.4 is 15.8 Å². The third-order valence-electron chi connectivity index (χ3n) is 2.59. The molecule has 1 aromatic carbocycles. The molecule has 0 aliphatic carbocycles. The van der Waals surface area contributed by atoms with Crippen LogP contribution in [0.15, 0.2) is 18.2 Å². The number of hydrogen-bond acceptors (Lipinski definition) is 3. The van der Waals surface area contributed by atoms with Crippen molar-refractivity contribution in [2.45, 2.75) is 46.4 Å². The fourth-order valence-corrected chi connectivity index (χ4v) is 1.54. The van der Waals surface area contributed by atoms with E-state index in [1.54, 1.807) is 6.92 Å². The average molecular weight is 250 g/mol. The van der Waals surface area contributed by atoms with Crippen LogP contribution in [-0.4, -0.2) is 18.1 Å². The molecule has 1 aromatic rings. The Kier molecular flexibility index (Phi) is 5.16. The van der Waals surface area contributed by atoms with Crippen LogP contribution >= 0.6 is 0 Å². The summed E-state index contributed by atoms with van der Waals surface area (Å²) in [5, 5.41) is 2.82. The Bertz CT molecular complexity index is 416. The molecule has 4 nitrogen and oxygen atoms in total. The molecule has 0 bridgehead atoms. The number of nitrogens with one attached hydrogen (secondary N) is 1. The zero-order valence-electron chi connectivity index (χ0n) is 11.5. The third-order valence-corrected chi connectivity index (χ3v) is 2.59. The molecule has 0 fully saturated rings. The van der Waals surface area contributed by atoms with Crippen LogP contribution in [0.5, 0.6) is 5.75 Å². The van der Waals surface area contributed by atoms with Crippen molar-refractivity contribution < 1.29 is 9.53 Å². The lowest BCUT2D eigenvalue weighted by molar-refractivity contribution is -0.127. The predicted octanol–water partition coefficient (Wildman–Crippen LogP) is 1.75. The second kappa shape index (κ2) is 6.40. The number of hydrogen-bond donors (Lipinski definition) is 2. The molecule has 0 aliphatic rings. The SMILES string of the molecule is Cc1ccc(CN)cc1OC(C)C(=O)NC(C)C. The van der Waals surface area contributed by atoms with Crippen LogP contribution in [0.4, 0.5) is 0 Å². The zero-order chi connectivity index (χ0) is 13.7. The molecule has 100 valence electrons. The monoisotopic (exact) mass is 250 g/mol. The number of carbonyl (C=O) groups excluding carboxylic acids is 1. The number of aryl methyl sites for hydroxylation is 1. The van der Waals surface area contributed by atoms with E-state index in [-0.39, 0.29) is 11.9 Å². The molecule has 1 unspecified atom stereocenters. The Balaban J connectivity index is 2.74. The summed E-state index contributed by atoms with van der Waals surface area (Å²) in [7, 11) is 0. The summed E-state index contributed by atoms with van der Waals surface area (Å²) in [6.45, 7) is 7.99. The van der Waals surface area contributed by atoms with E-state index in [0.29, 0.717) is 12.3 Å². The summed E-state index contributed by atoms with van der Waals surface area (Å²) in [5.74, 6) is 0.604. The minimum absolute atomic E-state index is 0.109. The van der Waals surface area contributed by atoms with Crippen molar-refractivity contribution in [2.75, 3.05) is 0 Å². The Morgan fingerprint density at radius 1 is 1.39 bits per heavy atom. The second-order valence-corrected chi connectivity index (χ2v) is 4.73. The van der Waals surface area contributed by atoms with Gasteiger partial charge in [0.05, 0.1) is 0 Å². The van der Waals surface area contributed by atoms with Crippen LogP contribution in [0.2, 0.25) is 0 Å². The van der Waals surface area contributed by atoms with Gasteiger partial charge in [-0.15, -0.1) is 0 Å². The highest BCUT2D eigenvalue weighted by molar-refractivity contribution is 5.80. The highest BCUT2D eigenvalue weighted by atomic mass is 16.5. The van der Waals surface area contributed by atoms with Gasteiger partial charge < -0.3 is 15.8 Å². The molecule has 3 N–H and O–H groups in total. The molecule has 18 heavy (non-hydrogen) atoms. The van der Waals surface area contributed by atoms with E-state index >= 15 is 0 Å². The summed E-state index contributed by atoms with van der Waals surface area (Å²) < 4.78 is 5.68. The minimum atomic E-state index is -0.515. The average Bonchev–Trinajstić information content (AvgIpc) is 2.31. The van der Waals surface area contributed by atoms with E-state index < -0.39 is 6.10 Å². The van der Waals surface area contributed by atoms with Crippen molar-refractivity contribution in [1.82, 2.24) is 5.32 Å². The van der Waals surface area contributed by atoms with Crippen molar-refractivity contribution >= 4 is 5.91 Å². The van der Waals surface area contributed by atoms with Gasteiger partial charge in [-0.25, -0.2) is 0 Å². The van der Waals surface area contributed by atoms with Crippen molar-refractivity contribution in [3.05, 3.63) is 29.3 Å². The lowest BCUT2D eigenvalue weighted by atomic mass is 10.1. The summed E-state index contributed by atoms with van der Waals surface area (Å²) in [6.07, 6.45) is -0.515. The third kappa shape index (κ3) is 4.04. The predicted molar refractivity (Wildman–Crippen MR) is 72.4 cm³/mol. The topological polar surface area (TPSA) is 64.3 Å². The standard InChI is InChI=1S/C14H22N2O2/c1-9(2)16-14(17)11(4)18-13-7-12(8-15)6-5-10(13)3/h5-7,9,11H,8,15H2,1-4H3,(H,16,17). The first-order valence-electron chi connectivity index (χ1n) is 6.20. The smallest absolute Gasteiger partial charge is 0.260 e. The molecule has 1 rings (SSSR count). The molecular weight excluding hydrogens is 228 g/mol. The highest BCUT2D eigenvalue weighted by Crippen LogP contribution is 2.20. The zero-order valence-corrected chi connectivity index (χ0v) is 11.5. The van der Waals surface area contributed by atoms with E-state index in [1.807, 2.05) is 39.0 Å². The van der Waals surface area contributed by atoms with Gasteiger partial charge in [-0.3, -0.25) is 4.79 Å². The van der Waals surface area contributed by atoms with Crippen LogP contribution in [-0.2, 0) is 11.3 Å². The highest BCUT2D eigenvalue weighted by Gasteiger charge is 2.16. The maximum absolute atomic E-state index is 11.8. The lowest BCUT2D eigenvalue weighted by Crippen LogP contribution is -2.40. The summed E-state index contributed by atoms with van der Waals surface area (Å²) in [6, 6.07) is 5.90. The van der Waals surface area contributed by atoms with Crippen LogP contribution in [0.25, 0.3) is 0 Å². The van der Waals surface area contributed by atoms with Gasteiger partial charge in [-0.2, -0.15) is 0 Å². The molecule has 0 heterocycles. The van der Waals surface area contributed by atoms with Crippen molar-refractivity contribution in [3.63, 3.8) is 0 Å². The summed E-state index contributed by atoms with van der Waals surface area (Å²) >= 11 is 0. The fraction of sp³-hybridized carbons (Fsp3) is 0.500. The number of carbonyl (C=O) groups is 1. The number of ether oxygens (including phenoxy) is 1. The van der Waals surface area contributed by atoms with Gasteiger partial charge in [0, 0.05) is 12.6 Å². The Morgan fingerprint density at radius 3 is 2.61 bits per heavy atom. The molecule has 1 atom stereocenters. The van der Waals surface area contributed by atoms with E-state index in [2.05, 4.69) is 5.32 Å². The molecule has 0 aliphatic heterocycles. The Morgan fingerprint density at radius 2 is 2.06 bits per heavy atom. The van der Waals surface area contributed by atoms with Crippen LogP contribution in [0, 0.1) is 6.92 Å². The van der Waals surface area contributed by atoms with Crippen molar-refractivity contribution in [3.8, 4) is 5.75 Å². The van der Waals surface area contributed by atoms with Crippen molar-refractivity contribution in [2.24, 2.45) is 5.73 Å². The molecule has 1 amide bonds. The number of benzene rings is 1. The lowest BCUT2D eigenvalue weighted by Gasteiger charge is -2.18. The molecule has 0 saturated carbocycles. The maximum Gasteiger partial charge on any atom is 0.260 e. The van der Waals surface area contributed by atoms with Crippen LogP contribution in [0.1, 0.15) is 31.9 Å². The van der Waals surface area contributed by atoms with E-state index in [4.69, 9.17) is 10.5 Å². The minimum Gasteiger partial charge on any atom is -0.481 e. The van der Waals surface area contributed by atoms with Crippen LogP contribution in [0.3, 0.4) is 0 Å². The quantitative estimate of drug-likeness (QED) is 0.836. The van der Waals surface area contributed by atoms with Gasteiger partial charge >= 0.3 is 0 Å². The molecule has 0 radical (unpaired) electrons. The number of rotatable bonds is 5. The molecule has 0 spiro atoms. The Hall–Kier alpha value is -1.55. The van der Waals surface area contributed by atoms with E-state index in [0.717, 1.165) is 11.1 Å². The normalized spacial score (nSPS) is 12.3. The van der Waals surface area contributed by atoms with Gasteiger partial charge in [0.1, 0.15) is 5.75 Å². The van der Waals surface area contributed by atoms with Gasteiger partial charge in [-0.1, -0.05) is 12.1 Å². The largest absolute Gasteiger partial charge is 0.481 e. The van der Waals surface area contributed by atoms with Gasteiger partial charge in [0.2, 0.25) is 0 Å². The van der Waals surface area contributed by atoms with Crippen molar-refractivity contribution in [1.29, 1.82) is 0 Å². The molecule has 0 saturated heterocycles. The molecular formula is C14H22N2O2. The molecule has 0 aromatic heterocycles. The number of amides is 1.